The lowest BCUT2D eigenvalue weighted by Crippen LogP contribution is -3.00. The second kappa shape index (κ2) is 20.4. The Balaban J connectivity index is -0.00000312. The molecule has 0 rings (SSSR count). The SMILES string of the molecule is C=CCC(CC=C)(CCC)N[N+](C)(C)CCCCCCCCCCCC.Cl.[Br-]. The zero-order chi connectivity index (χ0) is 19.7. The van der Waals surface area contributed by atoms with Gasteiger partial charge in [-0.2, -0.15) is 5.43 Å². The van der Waals surface area contributed by atoms with Gasteiger partial charge in [-0.25, -0.2) is 0 Å². The van der Waals surface area contributed by atoms with Crippen LogP contribution in [0.25, 0.3) is 0 Å². The van der Waals surface area contributed by atoms with Gasteiger partial charge in [0, 0.05) is 0 Å². The van der Waals surface area contributed by atoms with Crippen molar-refractivity contribution in [3.05, 3.63) is 25.3 Å². The van der Waals surface area contributed by atoms with Crippen LogP contribution in [0.2, 0.25) is 0 Å². The van der Waals surface area contributed by atoms with Crippen LogP contribution < -0.4 is 22.4 Å². The van der Waals surface area contributed by atoms with Crippen LogP contribution in [0.5, 0.6) is 0 Å². The minimum atomic E-state index is 0. The summed E-state index contributed by atoms with van der Waals surface area (Å²) in [6, 6.07) is 0. The Morgan fingerprint density at radius 3 is 1.57 bits per heavy atom. The van der Waals surface area contributed by atoms with Crippen molar-refractivity contribution in [1.29, 1.82) is 0 Å². The third kappa shape index (κ3) is 17.1. The summed E-state index contributed by atoms with van der Waals surface area (Å²) in [7, 11) is 4.62. The molecule has 0 amide bonds. The van der Waals surface area contributed by atoms with Crippen LogP contribution in [0.4, 0.5) is 0 Å². The Morgan fingerprint density at radius 2 is 1.18 bits per heavy atom. The minimum Gasteiger partial charge on any atom is -1.00 e. The van der Waals surface area contributed by atoms with Gasteiger partial charge in [0.05, 0.1) is 26.2 Å². The van der Waals surface area contributed by atoms with Crippen LogP contribution in [-0.4, -0.2) is 30.8 Å². The van der Waals surface area contributed by atoms with E-state index in [4.69, 9.17) is 0 Å². The van der Waals surface area contributed by atoms with E-state index < -0.39 is 0 Å². The first-order chi connectivity index (χ1) is 12.4. The molecule has 2 nitrogen and oxygen atoms in total. The Kier molecular flexibility index (Phi) is 24.0. The normalized spacial score (nSPS) is 11.4. The van der Waals surface area contributed by atoms with E-state index in [1.54, 1.807) is 0 Å². The quantitative estimate of drug-likeness (QED) is 0.123. The molecule has 0 aromatic rings. The molecule has 0 fully saturated rings. The van der Waals surface area contributed by atoms with Crippen LogP contribution in [0, 0.1) is 0 Å². The number of nitrogens with one attached hydrogen (secondary N) is 1. The molecule has 0 bridgehead atoms. The summed E-state index contributed by atoms with van der Waals surface area (Å²) in [5, 5.41) is 0. The molecule has 0 aliphatic carbocycles. The van der Waals surface area contributed by atoms with Gasteiger partial charge in [0.2, 0.25) is 0 Å². The van der Waals surface area contributed by atoms with Gasteiger partial charge in [-0.1, -0.05) is 83.8 Å². The van der Waals surface area contributed by atoms with E-state index in [1.807, 2.05) is 0 Å². The van der Waals surface area contributed by atoms with Gasteiger partial charge >= 0.3 is 0 Å². The molecule has 0 spiro atoms. The first-order valence-electron chi connectivity index (χ1n) is 11.3. The molecule has 28 heavy (non-hydrogen) atoms. The van der Waals surface area contributed by atoms with E-state index >= 15 is 0 Å². The summed E-state index contributed by atoms with van der Waals surface area (Å²) in [5.41, 5.74) is 4.05. The number of quaternary nitrogens is 1. The van der Waals surface area contributed by atoms with Gasteiger partial charge in [0.25, 0.3) is 0 Å². The van der Waals surface area contributed by atoms with Crippen molar-refractivity contribution in [3.63, 3.8) is 0 Å². The topological polar surface area (TPSA) is 12.0 Å². The highest BCUT2D eigenvalue weighted by Crippen LogP contribution is 2.25. The summed E-state index contributed by atoms with van der Waals surface area (Å²) >= 11 is 0. The molecule has 0 aliphatic heterocycles. The predicted octanol–water partition coefficient (Wildman–Crippen LogP) is 4.61. The van der Waals surface area contributed by atoms with Crippen LogP contribution in [0.1, 0.15) is 104 Å². The first-order valence-corrected chi connectivity index (χ1v) is 11.3. The van der Waals surface area contributed by atoms with Crippen molar-refractivity contribution >= 4 is 12.4 Å². The molecular formula is C24H50BrClN2. The molecule has 0 heterocycles. The van der Waals surface area contributed by atoms with Crippen LogP contribution >= 0.6 is 12.4 Å². The fourth-order valence-electron chi connectivity index (χ4n) is 4.16. The van der Waals surface area contributed by atoms with Crippen molar-refractivity contribution in [2.45, 2.75) is 109 Å². The molecule has 0 aromatic carbocycles. The standard InChI is InChI=1S/C24H49N2.BrH.ClH/c1-7-11-12-13-14-15-16-17-18-19-23-26(5,6)25-24(20-8-2,21-9-3)22-10-4;;/h8-9,25H,2-3,7,10-23H2,1,4-6H3;2*1H/q+1;;/p-1. The minimum absolute atomic E-state index is 0. The van der Waals surface area contributed by atoms with E-state index in [1.165, 1.54) is 83.6 Å². The van der Waals surface area contributed by atoms with E-state index in [2.05, 4.69) is 58.7 Å². The predicted molar refractivity (Wildman–Crippen MR) is 126 cm³/mol. The Labute approximate surface area is 194 Å². The molecule has 0 aromatic heterocycles. The second-order valence-electron chi connectivity index (χ2n) is 8.72. The number of rotatable bonds is 19. The highest BCUT2D eigenvalue weighted by atomic mass is 79.9. The van der Waals surface area contributed by atoms with E-state index in [0.717, 1.165) is 17.4 Å². The molecule has 0 saturated heterocycles. The lowest BCUT2D eigenvalue weighted by molar-refractivity contribution is -0.940. The number of nitrogens with zero attached hydrogens (tertiary/aromatic N) is 1. The summed E-state index contributed by atoms with van der Waals surface area (Å²) in [5.74, 6) is 0. The summed E-state index contributed by atoms with van der Waals surface area (Å²) in [4.78, 5) is 0. The lowest BCUT2D eigenvalue weighted by Gasteiger charge is -2.41. The van der Waals surface area contributed by atoms with E-state index in [9.17, 15) is 0 Å². The number of hydrogen-bond acceptors (Lipinski definition) is 1. The Morgan fingerprint density at radius 1 is 0.750 bits per heavy atom. The third-order valence-electron chi connectivity index (χ3n) is 5.41. The van der Waals surface area contributed by atoms with Crippen molar-refractivity contribution in [1.82, 2.24) is 5.43 Å². The molecule has 1 N–H and O–H groups in total. The molecule has 4 heteroatoms. The smallest absolute Gasteiger partial charge is 0.0958 e. The highest BCUT2D eigenvalue weighted by Gasteiger charge is 2.33. The molecule has 0 atom stereocenters. The second-order valence-corrected chi connectivity index (χ2v) is 8.72. The van der Waals surface area contributed by atoms with Gasteiger partial charge in [-0.15, -0.1) is 25.6 Å². The lowest BCUT2D eigenvalue weighted by atomic mass is 9.87. The zero-order valence-electron chi connectivity index (χ0n) is 19.4. The van der Waals surface area contributed by atoms with Crippen LogP contribution in [0.3, 0.4) is 0 Å². The van der Waals surface area contributed by atoms with E-state index in [0.29, 0.717) is 0 Å². The molecule has 0 unspecified atom stereocenters. The fourth-order valence-corrected chi connectivity index (χ4v) is 4.16. The van der Waals surface area contributed by atoms with Crippen LogP contribution in [0.15, 0.2) is 25.3 Å². The van der Waals surface area contributed by atoms with Crippen molar-refractivity contribution in [2.24, 2.45) is 0 Å². The largest absolute Gasteiger partial charge is 1.00 e. The van der Waals surface area contributed by atoms with E-state index in [-0.39, 0.29) is 34.9 Å². The average molecular weight is 482 g/mol. The Bertz CT molecular complexity index is 349. The highest BCUT2D eigenvalue weighted by molar-refractivity contribution is 5.85. The maximum Gasteiger partial charge on any atom is 0.0958 e. The van der Waals surface area contributed by atoms with Gasteiger partial charge in [-0.05, 0) is 32.1 Å². The summed E-state index contributed by atoms with van der Waals surface area (Å²) < 4.78 is 0.888. The zero-order valence-corrected chi connectivity index (χ0v) is 21.8. The number of hydrogen-bond donors (Lipinski definition) is 1. The van der Waals surface area contributed by atoms with Crippen molar-refractivity contribution < 1.29 is 21.6 Å². The maximum atomic E-state index is 3.99. The van der Waals surface area contributed by atoms with Crippen molar-refractivity contribution in [3.8, 4) is 0 Å². The molecule has 0 aliphatic rings. The molecule has 0 saturated carbocycles. The average Bonchev–Trinajstić information content (AvgIpc) is 2.57. The monoisotopic (exact) mass is 480 g/mol. The first kappa shape index (κ1) is 32.8. The maximum absolute atomic E-state index is 3.99. The molecular weight excluding hydrogens is 432 g/mol. The summed E-state index contributed by atoms with van der Waals surface area (Å²) in [6.45, 7) is 13.7. The number of unbranched alkanes of at least 4 members (excludes halogenated alkanes) is 9. The van der Waals surface area contributed by atoms with Gasteiger partial charge < -0.3 is 17.0 Å². The molecule has 170 valence electrons. The number of halogens is 2. The van der Waals surface area contributed by atoms with Crippen LogP contribution in [-0.2, 0) is 0 Å². The fraction of sp³-hybridized carbons (Fsp3) is 0.833. The molecule has 0 radical (unpaired) electrons. The van der Waals surface area contributed by atoms with Gasteiger partial charge in [-0.3, -0.25) is 4.59 Å². The Hall–Kier alpha value is 0.170. The van der Waals surface area contributed by atoms with Gasteiger partial charge in [0.1, 0.15) is 0 Å². The summed E-state index contributed by atoms with van der Waals surface area (Å²) in [6.07, 6.45) is 22.5. The van der Waals surface area contributed by atoms with Crippen molar-refractivity contribution in [2.75, 3.05) is 20.6 Å². The van der Waals surface area contributed by atoms with Gasteiger partial charge in [0.15, 0.2) is 0 Å². The third-order valence-corrected chi connectivity index (χ3v) is 5.41.